The van der Waals surface area contributed by atoms with Crippen LogP contribution in [-0.2, 0) is 4.79 Å². The molecule has 0 amide bonds. The Morgan fingerprint density at radius 3 is 3.06 bits per heavy atom. The molecule has 3 heteroatoms. The van der Waals surface area contributed by atoms with Gasteiger partial charge < -0.3 is 10.2 Å². The van der Waals surface area contributed by atoms with Gasteiger partial charge in [0.1, 0.15) is 5.78 Å². The Morgan fingerprint density at radius 2 is 2.24 bits per heavy atom. The Morgan fingerprint density at radius 1 is 1.35 bits per heavy atom. The zero-order valence-corrected chi connectivity index (χ0v) is 10.8. The van der Waals surface area contributed by atoms with Crippen molar-refractivity contribution in [1.82, 2.24) is 10.2 Å². The van der Waals surface area contributed by atoms with Gasteiger partial charge in [0.15, 0.2) is 0 Å². The van der Waals surface area contributed by atoms with Gasteiger partial charge in [0.2, 0.25) is 0 Å². The van der Waals surface area contributed by atoms with Gasteiger partial charge in [0, 0.05) is 31.0 Å². The van der Waals surface area contributed by atoms with Gasteiger partial charge in [-0.1, -0.05) is 0 Å². The number of nitrogens with zero attached hydrogens (tertiary/aromatic N) is 1. The van der Waals surface area contributed by atoms with Gasteiger partial charge in [-0.25, -0.2) is 0 Å². The molecule has 0 aromatic heterocycles. The third-order valence-electron chi connectivity index (χ3n) is 4.93. The molecule has 0 spiro atoms. The molecule has 3 nitrogen and oxygen atoms in total. The van der Waals surface area contributed by atoms with Crippen LogP contribution < -0.4 is 5.32 Å². The molecule has 2 bridgehead atoms. The number of Topliss-reactive ketones (excluding diaryl/α,β-unsaturated/α-hetero) is 1. The van der Waals surface area contributed by atoms with E-state index in [1.54, 1.807) is 0 Å². The molecule has 3 saturated heterocycles. The van der Waals surface area contributed by atoms with Crippen molar-refractivity contribution in [3.05, 3.63) is 0 Å². The molecule has 3 rings (SSSR count). The lowest BCUT2D eigenvalue weighted by Crippen LogP contribution is -2.47. The third kappa shape index (κ3) is 2.41. The maximum absolute atomic E-state index is 12.2. The van der Waals surface area contributed by atoms with E-state index in [0.717, 1.165) is 18.8 Å². The minimum atomic E-state index is 0.324. The lowest BCUT2D eigenvalue weighted by molar-refractivity contribution is -0.126. The van der Waals surface area contributed by atoms with Crippen molar-refractivity contribution in [2.75, 3.05) is 20.1 Å². The number of carbonyl (C=O) groups is 1. The molecule has 4 atom stereocenters. The number of hydrogen-bond acceptors (Lipinski definition) is 3. The van der Waals surface area contributed by atoms with Gasteiger partial charge in [-0.05, 0) is 51.6 Å². The predicted molar refractivity (Wildman–Crippen MR) is 67.9 cm³/mol. The van der Waals surface area contributed by atoms with Crippen molar-refractivity contribution in [3.63, 3.8) is 0 Å². The number of likely N-dealkylation sites (tertiary alicyclic amines) is 1. The fourth-order valence-electron chi connectivity index (χ4n) is 4.07. The Bertz CT molecular complexity index is 305. The first-order chi connectivity index (χ1) is 8.22. The van der Waals surface area contributed by atoms with E-state index >= 15 is 0 Å². The molecule has 0 radical (unpaired) electrons. The summed E-state index contributed by atoms with van der Waals surface area (Å²) in [6.45, 7) is 2.43. The zero-order valence-electron chi connectivity index (χ0n) is 10.8. The fraction of sp³-hybridized carbons (Fsp3) is 0.929. The number of ketones is 1. The summed E-state index contributed by atoms with van der Waals surface area (Å²) in [6.07, 6.45) is 7.01. The monoisotopic (exact) mass is 236 g/mol. The average molecular weight is 236 g/mol. The molecular weight excluding hydrogens is 212 g/mol. The smallest absolute Gasteiger partial charge is 0.139 e. The van der Waals surface area contributed by atoms with Crippen LogP contribution in [0.5, 0.6) is 0 Å². The Balaban J connectivity index is 1.61. The molecule has 17 heavy (non-hydrogen) atoms. The molecule has 4 unspecified atom stereocenters. The Hall–Kier alpha value is -0.410. The summed E-state index contributed by atoms with van der Waals surface area (Å²) in [5, 5.41) is 3.64. The summed E-state index contributed by atoms with van der Waals surface area (Å²) < 4.78 is 0. The third-order valence-corrected chi connectivity index (χ3v) is 4.93. The highest BCUT2D eigenvalue weighted by molar-refractivity contribution is 5.83. The van der Waals surface area contributed by atoms with E-state index in [2.05, 4.69) is 17.3 Å². The van der Waals surface area contributed by atoms with Gasteiger partial charge >= 0.3 is 0 Å². The van der Waals surface area contributed by atoms with Crippen molar-refractivity contribution >= 4 is 5.78 Å². The summed E-state index contributed by atoms with van der Waals surface area (Å²) in [4.78, 5) is 14.6. The average Bonchev–Trinajstić information content (AvgIpc) is 2.68. The number of piperidine rings is 2. The molecule has 0 aromatic rings. The lowest BCUT2D eigenvalue weighted by Gasteiger charge is -2.35. The van der Waals surface area contributed by atoms with Crippen LogP contribution in [0.2, 0.25) is 0 Å². The van der Waals surface area contributed by atoms with Gasteiger partial charge in [-0.3, -0.25) is 4.79 Å². The zero-order chi connectivity index (χ0) is 11.8. The molecule has 0 aliphatic carbocycles. The van der Waals surface area contributed by atoms with E-state index in [-0.39, 0.29) is 0 Å². The second-order valence-electron chi connectivity index (χ2n) is 6.33. The van der Waals surface area contributed by atoms with E-state index in [1.165, 1.54) is 38.8 Å². The van der Waals surface area contributed by atoms with Crippen molar-refractivity contribution < 1.29 is 4.79 Å². The van der Waals surface area contributed by atoms with Gasteiger partial charge in [-0.15, -0.1) is 0 Å². The summed E-state index contributed by atoms with van der Waals surface area (Å²) in [6, 6.07) is 1.02. The van der Waals surface area contributed by atoms with Crippen LogP contribution in [0.15, 0.2) is 0 Å². The van der Waals surface area contributed by atoms with Crippen LogP contribution in [0.4, 0.5) is 0 Å². The van der Waals surface area contributed by atoms with Crippen LogP contribution in [0.3, 0.4) is 0 Å². The van der Waals surface area contributed by atoms with Crippen LogP contribution in [0.1, 0.15) is 38.5 Å². The molecule has 1 N–H and O–H groups in total. The topological polar surface area (TPSA) is 32.3 Å². The van der Waals surface area contributed by atoms with Crippen LogP contribution in [-0.4, -0.2) is 42.9 Å². The van der Waals surface area contributed by atoms with E-state index < -0.39 is 0 Å². The number of fused-ring (bicyclic) bond motifs is 2. The SMILES string of the molecule is CN1CCCC(CC2C(=O)CC3CCC2N3)C1. The maximum atomic E-state index is 12.2. The second-order valence-corrected chi connectivity index (χ2v) is 6.33. The number of rotatable bonds is 2. The summed E-state index contributed by atoms with van der Waals surface area (Å²) in [7, 11) is 2.21. The van der Waals surface area contributed by atoms with Crippen molar-refractivity contribution in [3.8, 4) is 0 Å². The molecule has 3 aliphatic heterocycles. The van der Waals surface area contributed by atoms with E-state index in [1.807, 2.05) is 0 Å². The lowest BCUT2D eigenvalue weighted by atomic mass is 9.80. The number of carbonyl (C=O) groups excluding carboxylic acids is 1. The molecule has 3 aliphatic rings. The Labute approximate surface area is 104 Å². The molecule has 0 saturated carbocycles. The van der Waals surface area contributed by atoms with E-state index in [9.17, 15) is 4.79 Å². The molecule has 3 fully saturated rings. The molecule has 96 valence electrons. The van der Waals surface area contributed by atoms with Crippen LogP contribution in [0, 0.1) is 11.8 Å². The minimum absolute atomic E-state index is 0.324. The van der Waals surface area contributed by atoms with E-state index in [0.29, 0.717) is 23.8 Å². The highest BCUT2D eigenvalue weighted by Gasteiger charge is 2.41. The largest absolute Gasteiger partial charge is 0.310 e. The fourth-order valence-corrected chi connectivity index (χ4v) is 4.07. The molecule has 3 heterocycles. The van der Waals surface area contributed by atoms with Crippen LogP contribution >= 0.6 is 0 Å². The highest BCUT2D eigenvalue weighted by atomic mass is 16.1. The summed E-state index contributed by atoms with van der Waals surface area (Å²) in [5.74, 6) is 1.62. The number of nitrogens with one attached hydrogen (secondary N) is 1. The number of hydrogen-bond donors (Lipinski definition) is 1. The first kappa shape index (κ1) is 11.7. The second kappa shape index (κ2) is 4.69. The quantitative estimate of drug-likeness (QED) is 0.787. The van der Waals surface area contributed by atoms with Crippen molar-refractivity contribution in [1.29, 1.82) is 0 Å². The van der Waals surface area contributed by atoms with Gasteiger partial charge in [-0.2, -0.15) is 0 Å². The highest BCUT2D eigenvalue weighted by Crippen LogP contribution is 2.34. The Kier molecular flexibility index (Phi) is 3.22. The van der Waals surface area contributed by atoms with Gasteiger partial charge in [0.25, 0.3) is 0 Å². The first-order valence-corrected chi connectivity index (χ1v) is 7.19. The van der Waals surface area contributed by atoms with Crippen molar-refractivity contribution in [2.24, 2.45) is 11.8 Å². The standard InChI is InChI=1S/C14H24N2O/c1-16-6-2-3-10(9-16)7-12-13-5-4-11(15-13)8-14(12)17/h10-13,15H,2-9H2,1H3. The van der Waals surface area contributed by atoms with E-state index in [4.69, 9.17) is 0 Å². The first-order valence-electron chi connectivity index (χ1n) is 7.19. The molecule has 0 aromatic carbocycles. The summed E-state index contributed by atoms with van der Waals surface area (Å²) >= 11 is 0. The summed E-state index contributed by atoms with van der Waals surface area (Å²) in [5.41, 5.74) is 0. The van der Waals surface area contributed by atoms with Gasteiger partial charge in [0.05, 0.1) is 0 Å². The predicted octanol–water partition coefficient (Wildman–Crippen LogP) is 1.43. The normalized spacial score (nSPS) is 43.0. The molecular formula is C14H24N2O. The minimum Gasteiger partial charge on any atom is -0.310 e. The maximum Gasteiger partial charge on any atom is 0.139 e. The van der Waals surface area contributed by atoms with Crippen LogP contribution in [0.25, 0.3) is 0 Å². The van der Waals surface area contributed by atoms with Crippen molar-refractivity contribution in [2.45, 2.75) is 50.6 Å².